The molecule has 0 unspecified atom stereocenters. The van der Waals surface area contributed by atoms with Gasteiger partial charge in [0.25, 0.3) is 0 Å². The Bertz CT molecular complexity index is 707. The number of hydrogen-bond acceptors (Lipinski definition) is 6. The number of pyridine rings is 1. The zero-order valence-corrected chi connectivity index (χ0v) is 13.8. The zero-order valence-electron chi connectivity index (χ0n) is 13.0. The topological polar surface area (TPSA) is 61.3 Å². The molecule has 0 aromatic carbocycles. The number of thiazole rings is 1. The monoisotopic (exact) mass is 336 g/mol. The lowest BCUT2D eigenvalue weighted by molar-refractivity contribution is 0.0986. The van der Waals surface area contributed by atoms with Crippen molar-refractivity contribution in [3.05, 3.63) is 39.4 Å². The summed E-state index contributed by atoms with van der Waals surface area (Å²) in [6, 6.07) is 3.42. The number of ether oxygens (including phenoxy) is 2. The summed E-state index contributed by atoms with van der Waals surface area (Å²) in [5, 5.41) is 0.107. The lowest BCUT2D eigenvalue weighted by Gasteiger charge is -2.13. The number of carbonyl (C=O) groups excluding carboxylic acids is 1. The summed E-state index contributed by atoms with van der Waals surface area (Å²) in [6.45, 7) is 4.64. The lowest BCUT2D eigenvalue weighted by Crippen LogP contribution is -2.16. The fraction of sp³-hybridized carbons (Fsp3) is 0.438. The number of aromatic nitrogens is 2. The van der Waals surface area contributed by atoms with Crippen LogP contribution in [0, 0.1) is 19.0 Å². The summed E-state index contributed by atoms with van der Waals surface area (Å²) in [7, 11) is 0. The van der Waals surface area contributed by atoms with Crippen LogP contribution in [0.5, 0.6) is 5.75 Å². The third-order valence-electron chi connectivity index (χ3n) is 3.50. The molecule has 1 aliphatic rings. The molecule has 1 saturated heterocycles. The lowest BCUT2D eigenvalue weighted by atomic mass is 10.2. The maximum Gasteiger partial charge on any atom is 0.199 e. The molecule has 0 saturated carbocycles. The van der Waals surface area contributed by atoms with Crippen LogP contribution in [0.4, 0.5) is 4.39 Å². The Morgan fingerprint density at radius 3 is 2.91 bits per heavy atom. The standard InChI is InChI=1S/C16H17FN2O3S/c1-9-5-12(22-11-3-4-21-8-11)6-13(18-9)14(20)7-15-19-10(2)16(17)23-15/h5-6,11H,3-4,7-8H2,1-2H3/t11-/m1/s1. The summed E-state index contributed by atoms with van der Waals surface area (Å²) in [5.74, 6) is 0.410. The maximum absolute atomic E-state index is 13.3. The van der Waals surface area contributed by atoms with Gasteiger partial charge in [0.2, 0.25) is 0 Å². The van der Waals surface area contributed by atoms with E-state index in [9.17, 15) is 9.18 Å². The predicted octanol–water partition coefficient (Wildman–Crippen LogP) is 2.89. The molecule has 2 aromatic rings. The van der Waals surface area contributed by atoms with Crippen molar-refractivity contribution in [2.75, 3.05) is 13.2 Å². The minimum absolute atomic E-state index is 0.00969. The first-order valence-corrected chi connectivity index (χ1v) is 8.21. The quantitative estimate of drug-likeness (QED) is 0.786. The number of nitrogens with zero attached hydrogens (tertiary/aromatic N) is 2. The summed E-state index contributed by atoms with van der Waals surface area (Å²) < 4.78 is 24.5. The second-order valence-corrected chi connectivity index (χ2v) is 6.53. The molecule has 0 amide bonds. The van der Waals surface area contributed by atoms with Gasteiger partial charge in [0, 0.05) is 24.2 Å². The largest absolute Gasteiger partial charge is 0.488 e. The van der Waals surface area contributed by atoms with Crippen LogP contribution < -0.4 is 4.74 Å². The van der Waals surface area contributed by atoms with Crippen LogP contribution in [0.15, 0.2) is 12.1 Å². The first-order chi connectivity index (χ1) is 11.0. The van der Waals surface area contributed by atoms with Crippen molar-refractivity contribution < 1.29 is 18.7 Å². The van der Waals surface area contributed by atoms with Crippen LogP contribution in [0.3, 0.4) is 0 Å². The Balaban J connectivity index is 1.75. The van der Waals surface area contributed by atoms with E-state index in [0.29, 0.717) is 41.1 Å². The highest BCUT2D eigenvalue weighted by atomic mass is 32.1. The minimum atomic E-state index is -0.352. The fourth-order valence-corrected chi connectivity index (χ4v) is 3.17. The van der Waals surface area contributed by atoms with Gasteiger partial charge in [-0.15, -0.1) is 0 Å². The summed E-state index contributed by atoms with van der Waals surface area (Å²) in [5.41, 5.74) is 1.33. The summed E-state index contributed by atoms with van der Waals surface area (Å²) in [4.78, 5) is 20.7. The van der Waals surface area contributed by atoms with Crippen LogP contribution in [-0.4, -0.2) is 35.1 Å². The van der Waals surface area contributed by atoms with Crippen molar-refractivity contribution in [1.82, 2.24) is 9.97 Å². The third kappa shape index (κ3) is 3.92. The number of ketones is 1. The van der Waals surface area contributed by atoms with Crippen LogP contribution >= 0.6 is 11.3 Å². The van der Waals surface area contributed by atoms with Crippen molar-refractivity contribution in [3.63, 3.8) is 0 Å². The predicted molar refractivity (Wildman–Crippen MR) is 83.7 cm³/mol. The van der Waals surface area contributed by atoms with Crippen molar-refractivity contribution in [3.8, 4) is 5.75 Å². The molecular weight excluding hydrogens is 319 g/mol. The minimum Gasteiger partial charge on any atom is -0.488 e. The second kappa shape index (κ2) is 6.72. The molecule has 3 rings (SSSR count). The van der Waals surface area contributed by atoms with Gasteiger partial charge in [0.05, 0.1) is 25.3 Å². The van der Waals surface area contributed by atoms with Gasteiger partial charge in [-0.2, -0.15) is 4.39 Å². The van der Waals surface area contributed by atoms with Gasteiger partial charge in [-0.05, 0) is 13.8 Å². The van der Waals surface area contributed by atoms with Gasteiger partial charge in [0.1, 0.15) is 22.6 Å². The molecule has 23 heavy (non-hydrogen) atoms. The number of rotatable bonds is 5. The van der Waals surface area contributed by atoms with Gasteiger partial charge >= 0.3 is 0 Å². The van der Waals surface area contributed by atoms with E-state index >= 15 is 0 Å². The van der Waals surface area contributed by atoms with Crippen molar-refractivity contribution in [2.45, 2.75) is 32.8 Å². The molecular formula is C16H17FN2O3S. The highest BCUT2D eigenvalue weighted by Crippen LogP contribution is 2.21. The Hall–Kier alpha value is -1.86. The maximum atomic E-state index is 13.3. The van der Waals surface area contributed by atoms with E-state index < -0.39 is 0 Å². The Morgan fingerprint density at radius 1 is 1.43 bits per heavy atom. The van der Waals surface area contributed by atoms with Crippen molar-refractivity contribution in [2.24, 2.45) is 0 Å². The number of halogens is 1. The van der Waals surface area contributed by atoms with Crippen LogP contribution in [-0.2, 0) is 11.2 Å². The Morgan fingerprint density at radius 2 is 2.26 bits per heavy atom. The molecule has 0 spiro atoms. The van der Waals surface area contributed by atoms with E-state index in [0.717, 1.165) is 17.8 Å². The second-order valence-electron chi connectivity index (χ2n) is 5.50. The molecule has 0 N–H and O–H groups in total. The van der Waals surface area contributed by atoms with Gasteiger partial charge in [-0.3, -0.25) is 4.79 Å². The molecule has 3 heterocycles. The molecule has 1 atom stereocenters. The van der Waals surface area contributed by atoms with Gasteiger partial charge in [0.15, 0.2) is 10.9 Å². The normalized spacial score (nSPS) is 17.4. The van der Waals surface area contributed by atoms with E-state index in [1.807, 2.05) is 6.92 Å². The highest BCUT2D eigenvalue weighted by molar-refractivity contribution is 7.10. The molecule has 122 valence electrons. The molecule has 0 bridgehead atoms. The van der Waals surface area contributed by atoms with E-state index in [-0.39, 0.29) is 23.4 Å². The molecule has 1 aliphatic heterocycles. The molecule has 7 heteroatoms. The molecule has 0 aliphatic carbocycles. The van der Waals surface area contributed by atoms with E-state index in [1.165, 1.54) is 0 Å². The summed E-state index contributed by atoms with van der Waals surface area (Å²) in [6.07, 6.45) is 0.885. The van der Waals surface area contributed by atoms with E-state index in [2.05, 4.69) is 9.97 Å². The average molecular weight is 336 g/mol. The van der Waals surface area contributed by atoms with Crippen molar-refractivity contribution >= 4 is 17.1 Å². The Kier molecular flexibility index (Phi) is 4.68. The summed E-state index contributed by atoms with van der Waals surface area (Å²) >= 11 is 0.898. The fourth-order valence-electron chi connectivity index (χ4n) is 2.38. The van der Waals surface area contributed by atoms with Crippen LogP contribution in [0.25, 0.3) is 0 Å². The first-order valence-electron chi connectivity index (χ1n) is 7.39. The number of hydrogen-bond donors (Lipinski definition) is 0. The molecule has 5 nitrogen and oxygen atoms in total. The zero-order chi connectivity index (χ0) is 16.4. The van der Waals surface area contributed by atoms with Gasteiger partial charge < -0.3 is 9.47 Å². The number of Topliss-reactive ketones (excluding diaryl/α,β-unsaturated/α-hetero) is 1. The number of carbonyl (C=O) groups is 1. The van der Waals surface area contributed by atoms with Gasteiger partial charge in [-0.1, -0.05) is 11.3 Å². The Labute approximate surface area is 137 Å². The third-order valence-corrected chi connectivity index (χ3v) is 4.45. The van der Waals surface area contributed by atoms with Gasteiger partial charge in [-0.25, -0.2) is 9.97 Å². The highest BCUT2D eigenvalue weighted by Gasteiger charge is 2.19. The SMILES string of the molecule is Cc1cc(O[C@@H]2CCOC2)cc(C(=O)Cc2nc(C)c(F)s2)n1. The smallest absolute Gasteiger partial charge is 0.199 e. The van der Waals surface area contributed by atoms with E-state index in [1.54, 1.807) is 19.1 Å². The first kappa shape index (κ1) is 16.0. The van der Waals surface area contributed by atoms with Crippen LogP contribution in [0.2, 0.25) is 0 Å². The molecule has 2 aromatic heterocycles. The van der Waals surface area contributed by atoms with Crippen LogP contribution in [0.1, 0.15) is 33.3 Å². The van der Waals surface area contributed by atoms with Crippen molar-refractivity contribution in [1.29, 1.82) is 0 Å². The number of aryl methyl sites for hydroxylation is 2. The van der Waals surface area contributed by atoms with E-state index in [4.69, 9.17) is 9.47 Å². The molecule has 1 fully saturated rings. The molecule has 0 radical (unpaired) electrons. The average Bonchev–Trinajstić information content (AvgIpc) is 3.09.